The molecule has 0 unspecified atom stereocenters. The minimum Gasteiger partial charge on any atom is -0.395 e. The van der Waals surface area contributed by atoms with Gasteiger partial charge in [0, 0.05) is 45.3 Å². The van der Waals surface area contributed by atoms with Crippen LogP contribution in [0.1, 0.15) is 29.8 Å². The van der Waals surface area contributed by atoms with Gasteiger partial charge >= 0.3 is 0 Å². The maximum absolute atomic E-state index is 12.1. The van der Waals surface area contributed by atoms with Gasteiger partial charge in [0.05, 0.1) is 11.5 Å². The highest BCUT2D eigenvalue weighted by molar-refractivity contribution is 7.13. The zero-order valence-electron chi connectivity index (χ0n) is 15.6. The summed E-state index contributed by atoms with van der Waals surface area (Å²) in [5.74, 6) is 0.454. The van der Waals surface area contributed by atoms with Gasteiger partial charge in [-0.15, -0.1) is 11.3 Å². The number of aliphatic hydroxyl groups is 1. The van der Waals surface area contributed by atoms with E-state index in [0.717, 1.165) is 63.4 Å². The number of carbonyl (C=O) groups is 1. The normalized spacial score (nSPS) is 15.9. The number of unbranched alkanes of at least 4 members (excludes halogenated alkanes) is 2. The van der Waals surface area contributed by atoms with Crippen molar-refractivity contribution in [1.82, 2.24) is 20.3 Å². The molecule has 2 aromatic rings. The van der Waals surface area contributed by atoms with Gasteiger partial charge < -0.3 is 19.8 Å². The third-order valence-corrected chi connectivity index (χ3v) is 5.71. The number of thiophene rings is 1. The third-order valence-electron chi connectivity index (χ3n) is 4.82. The van der Waals surface area contributed by atoms with Gasteiger partial charge in [-0.3, -0.25) is 9.69 Å². The summed E-state index contributed by atoms with van der Waals surface area (Å²) in [6.45, 7) is 7.04. The molecule has 0 radical (unpaired) electrons. The van der Waals surface area contributed by atoms with Crippen molar-refractivity contribution in [3.63, 3.8) is 0 Å². The summed E-state index contributed by atoms with van der Waals surface area (Å²) in [4.78, 5) is 17.9. The average molecular weight is 393 g/mol. The first-order valence-corrected chi connectivity index (χ1v) is 10.5. The number of rotatable bonds is 10. The van der Waals surface area contributed by atoms with E-state index in [1.807, 2.05) is 17.5 Å². The molecule has 8 heteroatoms. The molecule has 0 atom stereocenters. The quantitative estimate of drug-likeness (QED) is 0.601. The molecule has 3 rings (SSSR count). The van der Waals surface area contributed by atoms with Gasteiger partial charge in [0.15, 0.2) is 11.5 Å². The maximum Gasteiger partial charge on any atom is 0.273 e. The first-order valence-electron chi connectivity index (χ1n) is 9.60. The fourth-order valence-corrected chi connectivity index (χ4v) is 3.90. The zero-order valence-corrected chi connectivity index (χ0v) is 16.4. The molecule has 0 saturated carbocycles. The summed E-state index contributed by atoms with van der Waals surface area (Å²) in [5, 5.41) is 17.7. The molecular weight excluding hydrogens is 364 g/mol. The Balaban J connectivity index is 1.26. The van der Waals surface area contributed by atoms with Gasteiger partial charge in [0.1, 0.15) is 0 Å². The minimum atomic E-state index is -0.179. The average Bonchev–Trinajstić information content (AvgIpc) is 3.37. The summed E-state index contributed by atoms with van der Waals surface area (Å²) >= 11 is 1.56. The fraction of sp³-hybridized carbons (Fsp3) is 0.579. The van der Waals surface area contributed by atoms with E-state index in [9.17, 15) is 4.79 Å². The maximum atomic E-state index is 12.1. The van der Waals surface area contributed by atoms with Gasteiger partial charge in [-0.2, -0.15) is 0 Å². The topological polar surface area (TPSA) is 81.8 Å². The van der Waals surface area contributed by atoms with E-state index in [2.05, 4.69) is 20.3 Å². The Bertz CT molecular complexity index is 681. The van der Waals surface area contributed by atoms with Crippen LogP contribution >= 0.6 is 11.3 Å². The molecule has 0 aromatic carbocycles. The molecule has 1 amide bonds. The number of piperazine rings is 1. The van der Waals surface area contributed by atoms with Crippen LogP contribution < -0.4 is 5.32 Å². The van der Waals surface area contributed by atoms with Crippen molar-refractivity contribution in [2.45, 2.75) is 19.3 Å². The first kappa shape index (κ1) is 20.0. The number of nitrogens with one attached hydrogen (secondary N) is 1. The minimum absolute atomic E-state index is 0.179. The van der Waals surface area contributed by atoms with E-state index in [-0.39, 0.29) is 12.5 Å². The Labute approximate surface area is 163 Å². The van der Waals surface area contributed by atoms with Crippen molar-refractivity contribution in [3.8, 4) is 10.6 Å². The van der Waals surface area contributed by atoms with Crippen molar-refractivity contribution >= 4 is 17.2 Å². The Hall–Kier alpha value is -1.74. The van der Waals surface area contributed by atoms with Crippen LogP contribution in [0, 0.1) is 0 Å². The van der Waals surface area contributed by atoms with Crippen molar-refractivity contribution in [1.29, 1.82) is 0 Å². The molecule has 0 bridgehead atoms. The van der Waals surface area contributed by atoms with Crippen LogP contribution in [0.4, 0.5) is 0 Å². The molecule has 1 aliphatic rings. The van der Waals surface area contributed by atoms with E-state index in [1.54, 1.807) is 17.4 Å². The summed E-state index contributed by atoms with van der Waals surface area (Å²) in [5.41, 5.74) is 0.333. The van der Waals surface area contributed by atoms with E-state index >= 15 is 0 Å². The first-order chi connectivity index (χ1) is 13.3. The smallest absolute Gasteiger partial charge is 0.273 e. The predicted octanol–water partition coefficient (Wildman–Crippen LogP) is 1.91. The molecule has 7 nitrogen and oxygen atoms in total. The van der Waals surface area contributed by atoms with Crippen LogP contribution in [0.5, 0.6) is 0 Å². The lowest BCUT2D eigenvalue weighted by molar-refractivity contribution is 0.0943. The van der Waals surface area contributed by atoms with Crippen LogP contribution in [0.15, 0.2) is 28.1 Å². The second-order valence-corrected chi connectivity index (χ2v) is 7.72. The van der Waals surface area contributed by atoms with Crippen LogP contribution in [0.3, 0.4) is 0 Å². The van der Waals surface area contributed by atoms with Crippen LogP contribution in [0.2, 0.25) is 0 Å². The Kier molecular flexibility index (Phi) is 7.82. The Morgan fingerprint density at radius 2 is 1.96 bits per heavy atom. The van der Waals surface area contributed by atoms with Gasteiger partial charge in [-0.05, 0) is 30.8 Å². The molecule has 0 aliphatic carbocycles. The highest BCUT2D eigenvalue weighted by Gasteiger charge is 2.16. The Morgan fingerprint density at radius 1 is 1.19 bits per heavy atom. The molecule has 2 N–H and O–H groups in total. The fourth-order valence-electron chi connectivity index (χ4n) is 3.22. The van der Waals surface area contributed by atoms with Crippen molar-refractivity contribution < 1.29 is 14.4 Å². The summed E-state index contributed by atoms with van der Waals surface area (Å²) in [6, 6.07) is 5.58. The Morgan fingerprint density at radius 3 is 2.67 bits per heavy atom. The number of carbonyl (C=O) groups excluding carboxylic acids is 1. The molecule has 27 heavy (non-hydrogen) atoms. The number of nitrogens with zero attached hydrogens (tertiary/aromatic N) is 3. The highest BCUT2D eigenvalue weighted by atomic mass is 32.1. The van der Waals surface area contributed by atoms with Gasteiger partial charge in [-0.25, -0.2) is 0 Å². The summed E-state index contributed by atoms with van der Waals surface area (Å²) in [6.07, 6.45) is 3.20. The van der Waals surface area contributed by atoms with Crippen molar-refractivity contribution in [3.05, 3.63) is 29.3 Å². The molecule has 1 saturated heterocycles. The largest absolute Gasteiger partial charge is 0.395 e. The zero-order chi connectivity index (χ0) is 18.9. The van der Waals surface area contributed by atoms with Crippen LogP contribution in [0.25, 0.3) is 10.6 Å². The number of aliphatic hydroxyl groups excluding tert-OH is 1. The lowest BCUT2D eigenvalue weighted by atomic mass is 10.2. The monoisotopic (exact) mass is 392 g/mol. The summed E-state index contributed by atoms with van der Waals surface area (Å²) < 4.78 is 5.24. The lowest BCUT2D eigenvalue weighted by Gasteiger charge is -2.34. The SMILES string of the molecule is O=C(NCCCCCN1CCN(CCO)CC1)c1cc(-c2cccs2)on1. The molecule has 1 fully saturated rings. The number of amides is 1. The van der Waals surface area contributed by atoms with Crippen molar-refractivity contribution in [2.75, 3.05) is 52.4 Å². The van der Waals surface area contributed by atoms with Crippen molar-refractivity contribution in [2.24, 2.45) is 0 Å². The lowest BCUT2D eigenvalue weighted by Crippen LogP contribution is -2.47. The highest BCUT2D eigenvalue weighted by Crippen LogP contribution is 2.25. The second-order valence-electron chi connectivity index (χ2n) is 6.78. The van der Waals surface area contributed by atoms with E-state index in [4.69, 9.17) is 9.63 Å². The van der Waals surface area contributed by atoms with Gasteiger partial charge in [-0.1, -0.05) is 17.6 Å². The second kappa shape index (κ2) is 10.6. The van der Waals surface area contributed by atoms with Crippen LogP contribution in [-0.2, 0) is 0 Å². The number of aromatic nitrogens is 1. The molecule has 148 valence electrons. The van der Waals surface area contributed by atoms with E-state index < -0.39 is 0 Å². The number of hydrogen-bond donors (Lipinski definition) is 2. The molecule has 2 aromatic heterocycles. The third kappa shape index (κ3) is 6.14. The standard InChI is InChI=1S/C19H28N4O3S/c24-13-12-23-10-8-22(9-11-23)7-3-1-2-6-20-19(25)16-15-17(26-21-16)18-5-4-14-27-18/h4-5,14-15,24H,1-3,6-13H2,(H,20,25). The van der Waals surface area contributed by atoms with E-state index in [1.165, 1.54) is 0 Å². The summed E-state index contributed by atoms with van der Waals surface area (Å²) in [7, 11) is 0. The molecular formula is C19H28N4O3S. The molecule has 3 heterocycles. The molecule has 0 spiro atoms. The number of hydrogen-bond acceptors (Lipinski definition) is 7. The van der Waals surface area contributed by atoms with Gasteiger partial charge in [0.2, 0.25) is 0 Å². The van der Waals surface area contributed by atoms with Gasteiger partial charge in [0.25, 0.3) is 5.91 Å². The number of β-amino-alcohol motifs (C(OH)–C–C–N with tert-alkyl or cyclic N) is 1. The molecule has 1 aliphatic heterocycles. The predicted molar refractivity (Wildman–Crippen MR) is 106 cm³/mol. The van der Waals surface area contributed by atoms with E-state index in [0.29, 0.717) is 18.0 Å². The van der Waals surface area contributed by atoms with Crippen LogP contribution in [-0.4, -0.2) is 78.4 Å².